The molecule has 2 atom stereocenters. The van der Waals surface area contributed by atoms with Gasteiger partial charge in [0, 0.05) is 25.3 Å². The highest BCUT2D eigenvalue weighted by Crippen LogP contribution is 2.27. The van der Waals surface area contributed by atoms with E-state index in [1.54, 1.807) is 0 Å². The molecule has 2 unspecified atom stereocenters. The molecule has 0 spiro atoms. The molecule has 0 aliphatic carbocycles. The van der Waals surface area contributed by atoms with Crippen LogP contribution in [0.15, 0.2) is 18.2 Å². The zero-order valence-corrected chi connectivity index (χ0v) is 14.7. The Morgan fingerprint density at radius 2 is 1.93 bits per heavy atom. The Morgan fingerprint density at radius 3 is 2.59 bits per heavy atom. The first-order chi connectivity index (χ1) is 13.0. The number of fused-ring (bicyclic) bond motifs is 1. The van der Waals surface area contributed by atoms with Gasteiger partial charge in [-0.15, -0.1) is 0 Å². The molecular weight excluding hydrogens is 352 g/mol. The fourth-order valence-corrected chi connectivity index (χ4v) is 3.91. The summed E-state index contributed by atoms with van der Waals surface area (Å²) in [6, 6.07) is 4.47. The van der Waals surface area contributed by atoms with Crippen molar-refractivity contribution >= 4 is 23.7 Å². The maximum Gasteiger partial charge on any atom is 0.308 e. The smallest absolute Gasteiger partial charge is 0.308 e. The summed E-state index contributed by atoms with van der Waals surface area (Å²) >= 11 is 0. The highest BCUT2D eigenvalue weighted by atomic mass is 16.5. The van der Waals surface area contributed by atoms with Gasteiger partial charge in [0.15, 0.2) is 0 Å². The van der Waals surface area contributed by atoms with Gasteiger partial charge in [0.1, 0.15) is 0 Å². The van der Waals surface area contributed by atoms with Crippen molar-refractivity contribution in [2.75, 3.05) is 26.2 Å². The molecule has 0 radical (unpaired) electrons. The third kappa shape index (κ3) is 3.10. The number of carbonyl (C=O) groups is 4. The van der Waals surface area contributed by atoms with Crippen LogP contribution in [0.25, 0.3) is 0 Å². The maximum absolute atomic E-state index is 12.7. The molecule has 1 aromatic carbocycles. The molecule has 27 heavy (non-hydrogen) atoms. The molecule has 8 heteroatoms. The van der Waals surface area contributed by atoms with Crippen LogP contribution >= 0.6 is 0 Å². The highest BCUT2D eigenvalue weighted by Gasteiger charge is 2.38. The summed E-state index contributed by atoms with van der Waals surface area (Å²) in [7, 11) is 0. The zero-order chi connectivity index (χ0) is 19.1. The van der Waals surface area contributed by atoms with Gasteiger partial charge in [0.25, 0.3) is 17.7 Å². The normalized spacial score (nSPS) is 24.6. The van der Waals surface area contributed by atoms with Crippen molar-refractivity contribution in [2.45, 2.75) is 25.4 Å². The van der Waals surface area contributed by atoms with Crippen molar-refractivity contribution < 1.29 is 29.0 Å². The van der Waals surface area contributed by atoms with Crippen molar-refractivity contribution in [3.63, 3.8) is 0 Å². The van der Waals surface area contributed by atoms with Gasteiger partial charge >= 0.3 is 5.97 Å². The molecular formula is C19H20N2O6. The summed E-state index contributed by atoms with van der Waals surface area (Å²) in [4.78, 5) is 51.6. The van der Waals surface area contributed by atoms with E-state index in [1.165, 1.54) is 28.0 Å². The van der Waals surface area contributed by atoms with Crippen molar-refractivity contribution in [2.24, 2.45) is 5.92 Å². The number of hydrogen-bond donors (Lipinski definition) is 1. The lowest BCUT2D eigenvalue weighted by atomic mass is 10.0. The summed E-state index contributed by atoms with van der Waals surface area (Å²) in [5, 5.41) is 9.08. The molecule has 2 saturated heterocycles. The molecule has 0 bridgehead atoms. The molecule has 3 aliphatic heterocycles. The van der Waals surface area contributed by atoms with Crippen LogP contribution in [-0.2, 0) is 9.53 Å². The minimum Gasteiger partial charge on any atom is -0.481 e. The first kappa shape index (κ1) is 17.7. The Labute approximate surface area is 155 Å². The minimum atomic E-state index is -0.912. The summed E-state index contributed by atoms with van der Waals surface area (Å²) < 4.78 is 5.51. The Morgan fingerprint density at radius 1 is 1.15 bits per heavy atom. The lowest BCUT2D eigenvalue weighted by molar-refractivity contribution is -0.141. The predicted octanol–water partition coefficient (Wildman–Crippen LogP) is 1.01. The van der Waals surface area contributed by atoms with Gasteiger partial charge in [-0.05, 0) is 37.5 Å². The van der Waals surface area contributed by atoms with Gasteiger partial charge in [-0.3, -0.25) is 24.1 Å². The standard InChI is InChI=1S/C19H20N2O6/c22-16(20-6-5-12(9-20)19(25)26)11-3-4-14-15(8-11)18(24)21(17(14)23)10-13-2-1-7-27-13/h3-4,8,12-13H,1-2,5-7,9-10H2,(H,25,26). The number of nitrogens with zero attached hydrogens (tertiary/aromatic N) is 2. The van der Waals surface area contributed by atoms with Crippen LogP contribution < -0.4 is 0 Å². The van der Waals surface area contributed by atoms with Gasteiger partial charge in [0.05, 0.1) is 29.7 Å². The number of benzene rings is 1. The number of likely N-dealkylation sites (tertiary alicyclic amines) is 1. The molecule has 0 aromatic heterocycles. The van der Waals surface area contributed by atoms with Gasteiger partial charge in [-0.1, -0.05) is 0 Å². The van der Waals surface area contributed by atoms with Gasteiger partial charge < -0.3 is 14.7 Å². The van der Waals surface area contributed by atoms with Crippen molar-refractivity contribution in [1.82, 2.24) is 9.80 Å². The molecule has 3 heterocycles. The number of aliphatic carboxylic acids is 1. The fourth-order valence-electron chi connectivity index (χ4n) is 3.91. The summed E-state index contributed by atoms with van der Waals surface area (Å²) in [6.07, 6.45) is 2.01. The number of rotatable bonds is 4. The van der Waals surface area contributed by atoms with Crippen molar-refractivity contribution in [1.29, 1.82) is 0 Å². The SMILES string of the molecule is O=C(O)C1CCN(C(=O)c2ccc3c(c2)C(=O)N(CC2CCCO2)C3=O)C1. The van der Waals surface area contributed by atoms with Crippen LogP contribution in [-0.4, -0.2) is 70.9 Å². The van der Waals surface area contributed by atoms with Gasteiger partial charge in [-0.2, -0.15) is 0 Å². The average molecular weight is 372 g/mol. The van der Waals surface area contributed by atoms with E-state index in [-0.39, 0.29) is 36.6 Å². The Kier molecular flexibility index (Phi) is 4.43. The molecule has 3 aliphatic rings. The molecule has 142 valence electrons. The summed E-state index contributed by atoms with van der Waals surface area (Å²) in [6.45, 7) is 1.38. The average Bonchev–Trinajstić information content (AvgIpc) is 3.39. The third-order valence-corrected chi connectivity index (χ3v) is 5.45. The lowest BCUT2D eigenvalue weighted by Gasteiger charge is -2.18. The van der Waals surface area contributed by atoms with Crippen LogP contribution in [0.5, 0.6) is 0 Å². The second-order valence-corrected chi connectivity index (χ2v) is 7.19. The van der Waals surface area contributed by atoms with E-state index in [0.29, 0.717) is 30.7 Å². The van der Waals surface area contributed by atoms with E-state index < -0.39 is 17.8 Å². The molecule has 3 amide bonds. The van der Waals surface area contributed by atoms with Gasteiger partial charge in [-0.25, -0.2) is 0 Å². The van der Waals surface area contributed by atoms with E-state index in [4.69, 9.17) is 9.84 Å². The predicted molar refractivity (Wildman–Crippen MR) is 92.4 cm³/mol. The number of ether oxygens (including phenoxy) is 1. The fraction of sp³-hybridized carbons (Fsp3) is 0.474. The number of hydrogen-bond acceptors (Lipinski definition) is 5. The van der Waals surface area contributed by atoms with Crippen molar-refractivity contribution in [3.05, 3.63) is 34.9 Å². The van der Waals surface area contributed by atoms with E-state index in [2.05, 4.69) is 0 Å². The molecule has 8 nitrogen and oxygen atoms in total. The van der Waals surface area contributed by atoms with Crippen LogP contribution in [0.1, 0.15) is 50.3 Å². The lowest BCUT2D eigenvalue weighted by Crippen LogP contribution is -2.36. The Hall–Kier alpha value is -2.74. The monoisotopic (exact) mass is 372 g/mol. The first-order valence-electron chi connectivity index (χ1n) is 9.09. The quantitative estimate of drug-likeness (QED) is 0.791. The Balaban J connectivity index is 1.52. The van der Waals surface area contributed by atoms with Crippen LogP contribution in [0.3, 0.4) is 0 Å². The van der Waals surface area contributed by atoms with Crippen molar-refractivity contribution in [3.8, 4) is 0 Å². The number of imide groups is 1. The third-order valence-electron chi connectivity index (χ3n) is 5.45. The van der Waals surface area contributed by atoms with Gasteiger partial charge in [0.2, 0.25) is 0 Å². The number of carboxylic acid groups (broad SMARTS) is 1. The molecule has 4 rings (SSSR count). The number of amides is 3. The maximum atomic E-state index is 12.7. The molecule has 1 aromatic rings. The highest BCUT2D eigenvalue weighted by molar-refractivity contribution is 6.22. The topological polar surface area (TPSA) is 104 Å². The van der Waals surface area contributed by atoms with Crippen LogP contribution in [0, 0.1) is 5.92 Å². The second-order valence-electron chi connectivity index (χ2n) is 7.19. The van der Waals surface area contributed by atoms with E-state index in [9.17, 15) is 19.2 Å². The summed E-state index contributed by atoms with van der Waals surface area (Å²) in [5.41, 5.74) is 0.803. The first-order valence-corrected chi connectivity index (χ1v) is 9.09. The largest absolute Gasteiger partial charge is 0.481 e. The molecule has 2 fully saturated rings. The van der Waals surface area contributed by atoms with E-state index in [0.717, 1.165) is 12.8 Å². The van der Waals surface area contributed by atoms with Crippen LogP contribution in [0.4, 0.5) is 0 Å². The minimum absolute atomic E-state index is 0.133. The molecule has 1 N–H and O–H groups in total. The number of carboxylic acids is 1. The molecule has 0 saturated carbocycles. The Bertz CT molecular complexity index is 829. The zero-order valence-electron chi connectivity index (χ0n) is 14.7. The van der Waals surface area contributed by atoms with Crippen LogP contribution in [0.2, 0.25) is 0 Å². The second kappa shape index (κ2) is 6.77. The van der Waals surface area contributed by atoms with E-state index in [1.807, 2.05) is 0 Å². The summed E-state index contributed by atoms with van der Waals surface area (Å²) in [5.74, 6) is -2.57. The van der Waals surface area contributed by atoms with E-state index >= 15 is 0 Å². The number of carbonyl (C=O) groups excluding carboxylic acids is 3.